The predicted molar refractivity (Wildman–Crippen MR) is 180 cm³/mol. The minimum absolute atomic E-state index is 0.151. The van der Waals surface area contributed by atoms with Crippen molar-refractivity contribution >= 4 is 0 Å². The van der Waals surface area contributed by atoms with E-state index in [1.54, 1.807) is 33.5 Å². The van der Waals surface area contributed by atoms with Crippen molar-refractivity contribution in [2.45, 2.75) is 103 Å². The molecule has 0 aliphatic heterocycles. The second-order valence-corrected chi connectivity index (χ2v) is 11.9. The Bertz CT molecular complexity index is 1280. The molecule has 0 saturated carbocycles. The van der Waals surface area contributed by atoms with E-state index in [1.807, 2.05) is 26.0 Å². The highest BCUT2D eigenvalue weighted by Gasteiger charge is 2.42. The summed E-state index contributed by atoms with van der Waals surface area (Å²) in [7, 11) is 6.21. The average molecular weight is 643 g/mol. The van der Waals surface area contributed by atoms with Gasteiger partial charge in [0.15, 0.2) is 23.0 Å². The van der Waals surface area contributed by atoms with Gasteiger partial charge in [-0.05, 0) is 55.4 Å². The summed E-state index contributed by atoms with van der Waals surface area (Å²) >= 11 is 0. The maximum absolute atomic E-state index is 12.2. The van der Waals surface area contributed by atoms with Gasteiger partial charge >= 0.3 is 0 Å². The van der Waals surface area contributed by atoms with Crippen molar-refractivity contribution in [2.75, 3.05) is 41.7 Å². The van der Waals surface area contributed by atoms with Crippen molar-refractivity contribution < 1.29 is 33.3 Å². The monoisotopic (exact) mass is 642 g/mol. The van der Waals surface area contributed by atoms with Crippen molar-refractivity contribution in [3.63, 3.8) is 0 Å². The summed E-state index contributed by atoms with van der Waals surface area (Å²) in [5.41, 5.74) is 0.399. The first-order valence-corrected chi connectivity index (χ1v) is 16.5. The summed E-state index contributed by atoms with van der Waals surface area (Å²) < 4.78 is 35.0. The van der Waals surface area contributed by atoms with E-state index in [1.165, 1.54) is 7.11 Å². The SMILES string of the molecule is CCCCCOc1cc(C(C#N)(CCCC(Cc2ccc(OC)c(OC)c2)[N+](=O)[O-])C(C)C)c(OCCCCC)c(OC)c1OC. The van der Waals surface area contributed by atoms with Gasteiger partial charge in [0.1, 0.15) is 0 Å². The van der Waals surface area contributed by atoms with Crippen LogP contribution in [0.5, 0.6) is 34.5 Å². The van der Waals surface area contributed by atoms with Crippen LogP contribution in [0, 0.1) is 27.4 Å². The van der Waals surface area contributed by atoms with E-state index < -0.39 is 11.5 Å². The molecule has 0 bridgehead atoms. The van der Waals surface area contributed by atoms with Crippen molar-refractivity contribution in [1.82, 2.24) is 0 Å². The van der Waals surface area contributed by atoms with Gasteiger partial charge in [-0.1, -0.05) is 59.4 Å². The van der Waals surface area contributed by atoms with Crippen LogP contribution in [-0.2, 0) is 11.8 Å². The largest absolute Gasteiger partial charge is 0.493 e. The summed E-state index contributed by atoms with van der Waals surface area (Å²) in [6.07, 6.45) is 7.20. The zero-order valence-corrected chi connectivity index (χ0v) is 29.1. The van der Waals surface area contributed by atoms with Crippen LogP contribution in [0.1, 0.15) is 96.6 Å². The molecule has 256 valence electrons. The van der Waals surface area contributed by atoms with Crippen LogP contribution in [0.4, 0.5) is 0 Å². The molecule has 2 aromatic rings. The number of ether oxygens (including phenoxy) is 6. The van der Waals surface area contributed by atoms with Crippen LogP contribution in [0.2, 0.25) is 0 Å². The fourth-order valence-electron chi connectivity index (χ4n) is 5.78. The van der Waals surface area contributed by atoms with E-state index in [0.717, 1.165) is 44.1 Å². The van der Waals surface area contributed by atoms with E-state index >= 15 is 0 Å². The number of nitrogens with zero attached hydrogens (tertiary/aromatic N) is 2. The molecule has 0 saturated heterocycles. The number of hydrogen-bond acceptors (Lipinski definition) is 9. The summed E-state index contributed by atoms with van der Waals surface area (Å²) in [5, 5.41) is 23.1. The molecule has 0 radical (unpaired) electrons. The van der Waals surface area contributed by atoms with Gasteiger partial charge in [-0.3, -0.25) is 10.1 Å². The Labute approximate surface area is 275 Å². The highest BCUT2D eigenvalue weighted by Crippen LogP contribution is 2.53. The van der Waals surface area contributed by atoms with Crippen LogP contribution in [-0.4, -0.2) is 52.6 Å². The molecule has 0 aliphatic rings. The zero-order valence-electron chi connectivity index (χ0n) is 29.1. The molecular weight excluding hydrogens is 588 g/mol. The van der Waals surface area contributed by atoms with E-state index in [0.29, 0.717) is 66.1 Å². The second-order valence-electron chi connectivity index (χ2n) is 11.9. The third-order valence-electron chi connectivity index (χ3n) is 8.56. The Morgan fingerprint density at radius 3 is 1.96 bits per heavy atom. The van der Waals surface area contributed by atoms with Crippen LogP contribution in [0.3, 0.4) is 0 Å². The Kier molecular flexibility index (Phi) is 16.3. The molecule has 2 atom stereocenters. The van der Waals surface area contributed by atoms with Gasteiger partial charge < -0.3 is 28.4 Å². The van der Waals surface area contributed by atoms with Gasteiger partial charge in [0.05, 0.1) is 53.1 Å². The molecule has 2 unspecified atom stereocenters. The minimum atomic E-state index is -1.04. The van der Waals surface area contributed by atoms with E-state index in [9.17, 15) is 15.4 Å². The molecule has 10 nitrogen and oxygen atoms in total. The molecule has 0 heterocycles. The first-order chi connectivity index (χ1) is 22.2. The van der Waals surface area contributed by atoms with Crippen LogP contribution in [0.15, 0.2) is 24.3 Å². The molecular formula is C36H54N2O8. The first-order valence-electron chi connectivity index (χ1n) is 16.5. The standard InChI is InChI=1S/C36H54N2O8/c1-9-11-13-20-45-32-24-29(33(46-21-14-12-10-2)35(44-8)34(32)43-7)36(25-37,26(3)4)19-15-16-28(38(39)40)22-27-17-18-30(41-5)31(23-27)42-6/h17-18,23-24,26,28H,9-16,19-22H2,1-8H3. The fourth-order valence-corrected chi connectivity index (χ4v) is 5.78. The summed E-state index contributed by atoms with van der Waals surface area (Å²) in [4.78, 5) is 12.0. The number of hydrogen-bond donors (Lipinski definition) is 0. The summed E-state index contributed by atoms with van der Waals surface area (Å²) in [5.74, 6) is 2.70. The van der Waals surface area contributed by atoms with E-state index in [-0.39, 0.29) is 23.7 Å². The maximum Gasteiger partial charge on any atom is 0.217 e. The molecule has 0 amide bonds. The minimum Gasteiger partial charge on any atom is -0.493 e. The lowest BCUT2D eigenvalue weighted by Gasteiger charge is -2.34. The normalized spacial score (nSPS) is 13.0. The summed E-state index contributed by atoms with van der Waals surface area (Å²) in [6, 6.07) is 8.99. The molecule has 10 heteroatoms. The Hall–Kier alpha value is -3.87. The molecule has 46 heavy (non-hydrogen) atoms. The Morgan fingerprint density at radius 2 is 1.43 bits per heavy atom. The van der Waals surface area contributed by atoms with Crippen molar-refractivity contribution in [1.29, 1.82) is 5.26 Å². The molecule has 0 spiro atoms. The number of nitro groups is 1. The lowest BCUT2D eigenvalue weighted by molar-refractivity contribution is -0.523. The molecule has 0 aliphatic carbocycles. The van der Waals surface area contributed by atoms with E-state index in [2.05, 4.69) is 19.9 Å². The van der Waals surface area contributed by atoms with Crippen LogP contribution in [0.25, 0.3) is 0 Å². The first kappa shape index (κ1) is 38.3. The van der Waals surface area contributed by atoms with Gasteiger partial charge in [0.25, 0.3) is 0 Å². The number of unbranched alkanes of at least 4 members (excludes halogenated alkanes) is 4. The van der Waals surface area contributed by atoms with Crippen molar-refractivity contribution in [3.8, 4) is 40.6 Å². The lowest BCUT2D eigenvalue weighted by Crippen LogP contribution is -2.32. The predicted octanol–water partition coefficient (Wildman–Crippen LogP) is 8.33. The van der Waals surface area contributed by atoms with Gasteiger partial charge in [0.2, 0.25) is 17.5 Å². The second kappa shape index (κ2) is 19.6. The van der Waals surface area contributed by atoms with Crippen LogP contribution < -0.4 is 28.4 Å². The van der Waals surface area contributed by atoms with Gasteiger partial charge in [-0.25, -0.2) is 0 Å². The number of nitriles is 1. The number of benzene rings is 2. The van der Waals surface area contributed by atoms with E-state index in [4.69, 9.17) is 28.4 Å². The smallest absolute Gasteiger partial charge is 0.217 e. The quantitative estimate of drug-likeness (QED) is 0.0668. The average Bonchev–Trinajstić information content (AvgIpc) is 3.06. The highest BCUT2D eigenvalue weighted by atomic mass is 16.6. The fraction of sp³-hybridized carbons (Fsp3) is 0.639. The topological polar surface area (TPSA) is 122 Å². The zero-order chi connectivity index (χ0) is 34.1. The number of methoxy groups -OCH3 is 4. The Balaban J connectivity index is 2.52. The maximum atomic E-state index is 12.2. The van der Waals surface area contributed by atoms with Crippen LogP contribution >= 0.6 is 0 Å². The van der Waals surface area contributed by atoms with Crippen molar-refractivity contribution in [2.24, 2.45) is 5.92 Å². The van der Waals surface area contributed by atoms with Gasteiger partial charge in [0, 0.05) is 23.3 Å². The van der Waals surface area contributed by atoms with Crippen molar-refractivity contribution in [3.05, 3.63) is 45.5 Å². The Morgan fingerprint density at radius 1 is 0.804 bits per heavy atom. The summed E-state index contributed by atoms with van der Waals surface area (Å²) in [6.45, 7) is 9.20. The molecule has 2 rings (SSSR count). The number of rotatable bonds is 23. The molecule has 0 fully saturated rings. The molecule has 2 aromatic carbocycles. The third-order valence-corrected chi connectivity index (χ3v) is 8.56. The highest BCUT2D eigenvalue weighted by molar-refractivity contribution is 5.65. The van der Waals surface area contributed by atoms with Gasteiger partial charge in [-0.2, -0.15) is 5.26 Å². The third kappa shape index (κ3) is 9.81. The lowest BCUT2D eigenvalue weighted by atomic mass is 9.68. The molecule has 0 N–H and O–H groups in total. The molecule has 0 aromatic heterocycles. The van der Waals surface area contributed by atoms with Gasteiger partial charge in [-0.15, -0.1) is 0 Å².